The van der Waals surface area contributed by atoms with Gasteiger partial charge in [-0.25, -0.2) is 9.18 Å². The predicted octanol–water partition coefficient (Wildman–Crippen LogP) is 4.34. The predicted molar refractivity (Wildman–Crippen MR) is 103 cm³/mol. The van der Waals surface area contributed by atoms with Crippen LogP contribution in [0.15, 0.2) is 16.9 Å². The highest BCUT2D eigenvalue weighted by atomic mass is 19.1. The minimum atomic E-state index is -1.40. The second-order valence-electron chi connectivity index (χ2n) is 7.23. The van der Waals surface area contributed by atoms with E-state index in [1.807, 2.05) is 13.8 Å². The lowest BCUT2D eigenvalue weighted by Crippen LogP contribution is -2.26. The second-order valence-corrected chi connectivity index (χ2v) is 7.23. The molecule has 1 aliphatic rings. The molecule has 2 N–H and O–H groups in total. The van der Waals surface area contributed by atoms with Gasteiger partial charge in [0.1, 0.15) is 5.82 Å². The zero-order valence-electron chi connectivity index (χ0n) is 15.8. The van der Waals surface area contributed by atoms with Crippen molar-refractivity contribution < 1.29 is 14.3 Å². The number of hydrogen-bond acceptors (Lipinski definition) is 4. The zero-order valence-corrected chi connectivity index (χ0v) is 15.8. The van der Waals surface area contributed by atoms with E-state index in [2.05, 4.69) is 10.4 Å². The fourth-order valence-electron chi connectivity index (χ4n) is 3.90. The average Bonchev–Trinajstić information content (AvgIpc) is 2.66. The number of carboxylic acids is 1. The highest BCUT2D eigenvalue weighted by molar-refractivity contribution is 5.91. The molecule has 1 aliphatic carbocycles. The Balaban J connectivity index is 2.17. The maximum Gasteiger partial charge on any atom is 0.360 e. The number of rotatable bonds is 6. The monoisotopic (exact) mass is 375 g/mol. The summed E-state index contributed by atoms with van der Waals surface area (Å²) in [5, 5.41) is 16.8. The van der Waals surface area contributed by atoms with E-state index < -0.39 is 22.9 Å². The van der Waals surface area contributed by atoms with Gasteiger partial charge in [0, 0.05) is 6.04 Å². The van der Waals surface area contributed by atoms with Crippen molar-refractivity contribution in [2.45, 2.75) is 70.9 Å². The molecule has 0 radical (unpaired) electrons. The van der Waals surface area contributed by atoms with Crippen LogP contribution in [-0.2, 0) is 0 Å². The number of nitrogens with zero attached hydrogens (tertiary/aromatic N) is 2. The van der Waals surface area contributed by atoms with Crippen LogP contribution in [0.5, 0.6) is 0 Å². The van der Waals surface area contributed by atoms with E-state index in [9.17, 15) is 19.1 Å². The molecular weight excluding hydrogens is 349 g/mol. The number of halogens is 1. The Labute approximate surface area is 157 Å². The molecule has 146 valence electrons. The van der Waals surface area contributed by atoms with Crippen molar-refractivity contribution in [2.75, 3.05) is 5.32 Å². The van der Waals surface area contributed by atoms with Crippen molar-refractivity contribution in [1.29, 1.82) is 0 Å². The van der Waals surface area contributed by atoms with Gasteiger partial charge in [0.2, 0.25) is 11.1 Å². The number of nitrogens with one attached hydrogen (secondary N) is 1. The number of hydrogen-bond donors (Lipinski definition) is 2. The van der Waals surface area contributed by atoms with E-state index >= 15 is 0 Å². The molecule has 1 saturated carbocycles. The molecule has 2 aromatic rings. The number of fused-ring (bicyclic) bond motifs is 1. The molecule has 7 heteroatoms. The Kier molecular flexibility index (Phi) is 5.77. The molecule has 6 nitrogen and oxygen atoms in total. The number of carbonyl (C=O) groups is 1. The third kappa shape index (κ3) is 3.82. The van der Waals surface area contributed by atoms with E-state index in [-0.39, 0.29) is 17.5 Å². The molecule has 27 heavy (non-hydrogen) atoms. The molecule has 3 rings (SSSR count). The second kappa shape index (κ2) is 8.06. The largest absolute Gasteiger partial charge is 0.476 e. The Bertz CT molecular complexity index is 899. The first-order chi connectivity index (χ1) is 13.0. The van der Waals surface area contributed by atoms with Gasteiger partial charge in [-0.2, -0.15) is 5.10 Å². The number of aromatic nitrogens is 2. The van der Waals surface area contributed by atoms with E-state index in [4.69, 9.17) is 0 Å². The van der Waals surface area contributed by atoms with Crippen molar-refractivity contribution in [3.05, 3.63) is 33.9 Å². The van der Waals surface area contributed by atoms with Crippen molar-refractivity contribution in [2.24, 2.45) is 0 Å². The first-order valence-electron chi connectivity index (χ1n) is 9.72. The van der Waals surface area contributed by atoms with Gasteiger partial charge in [-0.3, -0.25) is 9.48 Å². The number of aromatic carboxylic acids is 1. The quantitative estimate of drug-likeness (QED) is 0.785. The lowest BCUT2D eigenvalue weighted by atomic mass is 9.95. The summed E-state index contributed by atoms with van der Waals surface area (Å²) in [7, 11) is 0. The van der Waals surface area contributed by atoms with E-state index in [0.717, 1.165) is 44.6 Å². The summed E-state index contributed by atoms with van der Waals surface area (Å²) in [5.41, 5.74) is -0.499. The third-order valence-electron chi connectivity index (χ3n) is 5.46. The van der Waals surface area contributed by atoms with Crippen LogP contribution in [-0.4, -0.2) is 26.9 Å². The molecule has 0 bridgehead atoms. The number of benzene rings is 1. The molecular formula is C20H26FN3O3. The summed E-state index contributed by atoms with van der Waals surface area (Å²) < 4.78 is 16.3. The molecule has 1 fully saturated rings. The van der Waals surface area contributed by atoms with Crippen LogP contribution in [0.4, 0.5) is 10.1 Å². The SMILES string of the molecule is CCC(CC)n1nc(C(=O)O)c(=O)c2cc(F)c(NC3CCCCC3)cc21. The Morgan fingerprint density at radius 1 is 1.30 bits per heavy atom. The van der Waals surface area contributed by atoms with Gasteiger partial charge in [0.15, 0.2) is 0 Å². The number of anilines is 1. The number of carboxylic acid groups (broad SMARTS) is 1. The minimum Gasteiger partial charge on any atom is -0.476 e. The molecule has 0 amide bonds. The Hall–Kier alpha value is -2.44. The van der Waals surface area contributed by atoms with Crippen molar-refractivity contribution in [3.8, 4) is 0 Å². The van der Waals surface area contributed by atoms with E-state index in [1.165, 1.54) is 6.42 Å². The van der Waals surface area contributed by atoms with Gasteiger partial charge in [0.25, 0.3) is 0 Å². The van der Waals surface area contributed by atoms with Crippen LogP contribution in [0.3, 0.4) is 0 Å². The molecule has 0 aliphatic heterocycles. The van der Waals surface area contributed by atoms with Crippen LogP contribution in [0.25, 0.3) is 10.9 Å². The molecule has 1 heterocycles. The summed E-state index contributed by atoms with van der Waals surface area (Å²) in [4.78, 5) is 24.0. The molecule has 0 spiro atoms. The maximum atomic E-state index is 14.7. The smallest absolute Gasteiger partial charge is 0.360 e. The standard InChI is InChI=1S/C20H26FN3O3/c1-3-13(4-2)24-17-11-16(22-12-8-6-5-7-9-12)15(21)10-14(17)19(25)18(23-24)20(26)27/h10-13,22H,3-9H2,1-2H3,(H,26,27). The molecule has 0 atom stereocenters. The van der Waals surface area contributed by atoms with Crippen LogP contribution in [0.1, 0.15) is 75.3 Å². The summed E-state index contributed by atoms with van der Waals surface area (Å²) in [6, 6.07) is 2.90. The van der Waals surface area contributed by atoms with Crippen LogP contribution >= 0.6 is 0 Å². The highest BCUT2D eigenvalue weighted by Crippen LogP contribution is 2.28. The lowest BCUT2D eigenvalue weighted by Gasteiger charge is -2.25. The van der Waals surface area contributed by atoms with Crippen LogP contribution in [0, 0.1) is 5.82 Å². The van der Waals surface area contributed by atoms with Crippen LogP contribution in [0.2, 0.25) is 0 Å². The minimum absolute atomic E-state index is 0.0565. The van der Waals surface area contributed by atoms with E-state index in [1.54, 1.807) is 10.7 Å². The molecule has 0 unspecified atom stereocenters. The van der Waals surface area contributed by atoms with Crippen LogP contribution < -0.4 is 10.7 Å². The van der Waals surface area contributed by atoms with Crippen molar-refractivity contribution in [3.63, 3.8) is 0 Å². The summed E-state index contributed by atoms with van der Waals surface area (Å²) >= 11 is 0. The van der Waals surface area contributed by atoms with E-state index in [0.29, 0.717) is 11.2 Å². The molecule has 0 saturated heterocycles. The summed E-state index contributed by atoms with van der Waals surface area (Å²) in [6.45, 7) is 3.95. The normalized spacial score (nSPS) is 15.4. The fraction of sp³-hybridized carbons (Fsp3) is 0.550. The summed E-state index contributed by atoms with van der Waals surface area (Å²) in [6.07, 6.45) is 6.88. The van der Waals surface area contributed by atoms with Gasteiger partial charge in [-0.1, -0.05) is 33.1 Å². The summed E-state index contributed by atoms with van der Waals surface area (Å²) in [5.74, 6) is -1.93. The van der Waals surface area contributed by atoms with Gasteiger partial charge >= 0.3 is 5.97 Å². The first kappa shape index (κ1) is 19.3. The van der Waals surface area contributed by atoms with Gasteiger partial charge in [0.05, 0.1) is 22.6 Å². The molecule has 1 aromatic heterocycles. The third-order valence-corrected chi connectivity index (χ3v) is 5.46. The Morgan fingerprint density at radius 2 is 1.96 bits per heavy atom. The fourth-order valence-corrected chi connectivity index (χ4v) is 3.90. The lowest BCUT2D eigenvalue weighted by molar-refractivity contribution is 0.0686. The Morgan fingerprint density at radius 3 is 2.56 bits per heavy atom. The van der Waals surface area contributed by atoms with Gasteiger partial charge in [-0.05, 0) is 37.8 Å². The maximum absolute atomic E-state index is 14.7. The topological polar surface area (TPSA) is 84.2 Å². The zero-order chi connectivity index (χ0) is 19.6. The van der Waals surface area contributed by atoms with Gasteiger partial charge < -0.3 is 10.4 Å². The molecule has 1 aromatic carbocycles. The van der Waals surface area contributed by atoms with Crippen molar-refractivity contribution in [1.82, 2.24) is 9.78 Å². The van der Waals surface area contributed by atoms with Gasteiger partial charge in [-0.15, -0.1) is 0 Å². The van der Waals surface area contributed by atoms with Crippen molar-refractivity contribution >= 4 is 22.6 Å². The highest BCUT2D eigenvalue weighted by Gasteiger charge is 2.22. The first-order valence-corrected chi connectivity index (χ1v) is 9.72. The average molecular weight is 375 g/mol.